The number of nitro groups is 2. The van der Waals surface area contributed by atoms with E-state index in [0.717, 1.165) is 22.0 Å². The van der Waals surface area contributed by atoms with E-state index < -0.39 is 79.9 Å². The zero-order valence-corrected chi connectivity index (χ0v) is 34.3. The summed E-state index contributed by atoms with van der Waals surface area (Å²) >= 11 is 12.7. The zero-order valence-electron chi connectivity index (χ0n) is 32.8. The number of ether oxygens (including phenoxy) is 2. The number of halogens is 2. The molecule has 1 saturated carbocycles. The number of fused-ring (bicyclic) bond motifs is 4. The summed E-state index contributed by atoms with van der Waals surface area (Å²) < 4.78 is 11.0. The first-order valence-electron chi connectivity index (χ1n) is 18.9. The van der Waals surface area contributed by atoms with Gasteiger partial charge in [0.15, 0.2) is 17.2 Å². The molecule has 17 nitrogen and oxygen atoms in total. The number of anilines is 3. The van der Waals surface area contributed by atoms with Crippen molar-refractivity contribution in [2.45, 2.75) is 24.2 Å². The Labute approximate surface area is 357 Å². The summed E-state index contributed by atoms with van der Waals surface area (Å²) in [6, 6.07) is 17.7. The molecule has 2 aliphatic carbocycles. The van der Waals surface area contributed by atoms with Crippen LogP contribution < -0.4 is 24.7 Å². The Balaban J connectivity index is 1.32. The Morgan fingerprint density at radius 3 is 2.11 bits per heavy atom. The second kappa shape index (κ2) is 15.1. The zero-order chi connectivity index (χ0) is 43.8. The van der Waals surface area contributed by atoms with Crippen LogP contribution in [0.15, 0.2) is 84.4 Å². The molecule has 0 spiro atoms. The van der Waals surface area contributed by atoms with Gasteiger partial charge in [0.25, 0.3) is 11.8 Å². The van der Waals surface area contributed by atoms with Crippen LogP contribution in [0, 0.1) is 43.9 Å². The fourth-order valence-electron chi connectivity index (χ4n) is 9.80. The van der Waals surface area contributed by atoms with Gasteiger partial charge in [-0.15, -0.1) is 0 Å². The number of nitrogens with one attached hydrogen (secondary N) is 1. The van der Waals surface area contributed by atoms with Crippen LogP contribution in [0.25, 0.3) is 0 Å². The van der Waals surface area contributed by atoms with Crippen LogP contribution in [0.4, 0.5) is 28.4 Å². The second-order valence-corrected chi connectivity index (χ2v) is 16.2. The second-order valence-electron chi connectivity index (χ2n) is 15.4. The van der Waals surface area contributed by atoms with E-state index in [1.807, 2.05) is 0 Å². The molecule has 8 rings (SSSR count). The molecule has 2 aliphatic heterocycles. The van der Waals surface area contributed by atoms with E-state index in [-0.39, 0.29) is 46.4 Å². The lowest BCUT2D eigenvalue weighted by Crippen LogP contribution is -2.53. The number of rotatable bonds is 10. The van der Waals surface area contributed by atoms with Crippen LogP contribution in [0.1, 0.15) is 29.9 Å². The normalized spacial score (nSPS) is 24.2. The minimum atomic E-state index is -1.72. The quantitative estimate of drug-likeness (QED) is 0.0728. The van der Waals surface area contributed by atoms with E-state index >= 15 is 9.59 Å². The highest BCUT2D eigenvalue weighted by molar-refractivity contribution is 6.36. The number of carbonyl (C=O) groups excluding carboxylic acids is 4. The van der Waals surface area contributed by atoms with Crippen LogP contribution in [-0.2, 0) is 24.6 Å². The molecule has 3 fully saturated rings. The molecule has 2 heterocycles. The topological polar surface area (TPSA) is 215 Å². The number of aromatic hydroxyl groups is 1. The summed E-state index contributed by atoms with van der Waals surface area (Å²) in [6.45, 7) is 0. The number of methoxy groups -OCH3 is 2. The maximum absolute atomic E-state index is 15.5. The van der Waals surface area contributed by atoms with Gasteiger partial charge in [-0.3, -0.25) is 44.8 Å². The SMILES string of the molecule is COc1ccc([C@@]23C(=O)N(Nc4ccc(Cl)cc4Cl)C(=O)[C@@H]2C[C@@H]2C(=CC[C@@H]4C(=O)N(c5cc([N+](=O)[O-])c(N(C)C)c([N+](=O)[O-])c5)C(=O)[C@@H]42)[C@@H]3c2ccc(O)c(OC)c2)cc1. The van der Waals surface area contributed by atoms with Gasteiger partial charge in [0.1, 0.15) is 5.75 Å². The lowest BCUT2D eigenvalue weighted by Gasteiger charge is -2.50. The van der Waals surface area contributed by atoms with Crippen LogP contribution in [0.2, 0.25) is 10.0 Å². The molecule has 0 aromatic heterocycles. The van der Waals surface area contributed by atoms with Crippen molar-refractivity contribution in [3.05, 3.63) is 126 Å². The largest absolute Gasteiger partial charge is 0.504 e. The standard InChI is InChI=1S/C42H36Cl2N6O11/c1-46(2)37-31(49(56)57)17-23(18-32(37)50(58)59)47-38(52)26-12-11-25-27(35(26)40(47)54)19-28-39(53)48(45-30-13-8-22(43)16-29(30)44)41(55)42(28,21-6-9-24(60-3)10-7-21)36(25)20-5-14-33(51)34(15-20)61-4/h5-11,13-18,26-28,35-36,45,51H,12,19H2,1-4H3/t26-,27+,28-,35-,36-,42+/m0/s1. The lowest BCUT2D eigenvalue weighted by atomic mass is 9.49. The lowest BCUT2D eigenvalue weighted by molar-refractivity contribution is -0.392. The van der Waals surface area contributed by atoms with Crippen molar-refractivity contribution in [3.8, 4) is 17.2 Å². The van der Waals surface area contributed by atoms with Gasteiger partial charge in [-0.1, -0.05) is 53.1 Å². The number of carbonyl (C=O) groups is 4. The van der Waals surface area contributed by atoms with Gasteiger partial charge in [-0.25, -0.2) is 4.90 Å². The number of nitrogens with zero attached hydrogens (tertiary/aromatic N) is 5. The molecule has 4 aromatic carbocycles. The highest BCUT2D eigenvalue weighted by atomic mass is 35.5. The fraction of sp³-hybridized carbons (Fsp3) is 0.286. The molecule has 0 bridgehead atoms. The van der Waals surface area contributed by atoms with E-state index in [1.54, 1.807) is 42.5 Å². The molecule has 2 N–H and O–H groups in total. The van der Waals surface area contributed by atoms with E-state index in [1.165, 1.54) is 57.5 Å². The van der Waals surface area contributed by atoms with Crippen molar-refractivity contribution in [3.63, 3.8) is 0 Å². The summed E-state index contributed by atoms with van der Waals surface area (Å²) in [6.07, 6.45) is 1.65. The maximum Gasteiger partial charge on any atom is 0.301 e. The number of imide groups is 2. The third kappa shape index (κ3) is 6.20. The number of nitro benzene ring substituents is 2. The van der Waals surface area contributed by atoms with Crippen molar-refractivity contribution in [2.75, 3.05) is 43.5 Å². The molecule has 0 unspecified atom stereocenters. The number of phenols is 1. The van der Waals surface area contributed by atoms with E-state index in [2.05, 4.69) is 5.43 Å². The maximum atomic E-state index is 15.5. The van der Waals surface area contributed by atoms with Crippen LogP contribution in [-0.4, -0.2) is 71.9 Å². The summed E-state index contributed by atoms with van der Waals surface area (Å²) in [5.74, 6) is -7.74. The monoisotopic (exact) mass is 870 g/mol. The van der Waals surface area contributed by atoms with Gasteiger partial charge >= 0.3 is 11.4 Å². The Kier molecular flexibility index (Phi) is 10.1. The molecule has 4 aromatic rings. The molecule has 314 valence electrons. The van der Waals surface area contributed by atoms with Gasteiger partial charge in [-0.2, -0.15) is 5.01 Å². The summed E-state index contributed by atoms with van der Waals surface area (Å²) in [7, 11) is 5.64. The minimum absolute atomic E-state index is 0.0168. The first kappa shape index (κ1) is 41.0. The molecule has 19 heteroatoms. The minimum Gasteiger partial charge on any atom is -0.504 e. The predicted molar refractivity (Wildman–Crippen MR) is 222 cm³/mol. The summed E-state index contributed by atoms with van der Waals surface area (Å²) in [5, 5.41) is 36.6. The Hall–Kier alpha value is -6.72. The average Bonchev–Trinajstić information content (AvgIpc) is 3.61. The number of hydrazine groups is 1. The molecule has 4 amide bonds. The van der Waals surface area contributed by atoms with E-state index in [4.69, 9.17) is 32.7 Å². The number of allylic oxidation sites excluding steroid dienone is 2. The number of hydrogen-bond donors (Lipinski definition) is 2. The molecule has 6 atom stereocenters. The molecule has 2 saturated heterocycles. The van der Waals surface area contributed by atoms with Crippen molar-refractivity contribution in [2.24, 2.45) is 23.7 Å². The Bertz CT molecular complexity index is 2590. The molecule has 4 aliphatic rings. The van der Waals surface area contributed by atoms with Crippen molar-refractivity contribution >= 4 is 75.3 Å². The average molecular weight is 872 g/mol. The van der Waals surface area contributed by atoms with Crippen LogP contribution in [0.5, 0.6) is 17.2 Å². The highest BCUT2D eigenvalue weighted by Gasteiger charge is 2.70. The number of benzene rings is 4. The van der Waals surface area contributed by atoms with Crippen LogP contribution >= 0.6 is 23.2 Å². The highest BCUT2D eigenvalue weighted by Crippen LogP contribution is 2.65. The number of phenolic OH excluding ortho intramolecular Hbond substituents is 1. The smallest absolute Gasteiger partial charge is 0.301 e. The Morgan fingerprint density at radius 2 is 1.52 bits per heavy atom. The number of hydrogen-bond acceptors (Lipinski definition) is 13. The van der Waals surface area contributed by atoms with Crippen LogP contribution in [0.3, 0.4) is 0 Å². The first-order chi connectivity index (χ1) is 29.0. The van der Waals surface area contributed by atoms with Gasteiger partial charge < -0.3 is 19.5 Å². The van der Waals surface area contributed by atoms with Gasteiger partial charge in [0.2, 0.25) is 11.8 Å². The van der Waals surface area contributed by atoms with Crippen molar-refractivity contribution < 1.29 is 43.6 Å². The molecule has 0 radical (unpaired) electrons. The van der Waals surface area contributed by atoms with E-state index in [0.29, 0.717) is 27.5 Å². The van der Waals surface area contributed by atoms with E-state index in [9.17, 15) is 34.9 Å². The Morgan fingerprint density at radius 1 is 0.852 bits per heavy atom. The van der Waals surface area contributed by atoms with Crippen molar-refractivity contribution in [1.82, 2.24) is 5.01 Å². The van der Waals surface area contributed by atoms with Gasteiger partial charge in [0, 0.05) is 37.2 Å². The summed E-state index contributed by atoms with van der Waals surface area (Å²) in [5.41, 5.74) is 0.780. The molecular weight excluding hydrogens is 835 g/mol. The fourth-order valence-corrected chi connectivity index (χ4v) is 10.3. The molecule has 61 heavy (non-hydrogen) atoms. The molecular formula is C42H36Cl2N6O11. The van der Waals surface area contributed by atoms with Gasteiger partial charge in [-0.05, 0) is 72.4 Å². The predicted octanol–water partition coefficient (Wildman–Crippen LogP) is 6.79. The third-order valence-electron chi connectivity index (χ3n) is 12.3. The van der Waals surface area contributed by atoms with Gasteiger partial charge in [0.05, 0.1) is 63.6 Å². The third-order valence-corrected chi connectivity index (χ3v) is 12.8. The van der Waals surface area contributed by atoms with Crippen molar-refractivity contribution in [1.29, 1.82) is 0 Å². The first-order valence-corrected chi connectivity index (χ1v) is 19.6. The summed E-state index contributed by atoms with van der Waals surface area (Å²) in [4.78, 5) is 84.7. The number of amides is 4.